The lowest BCUT2D eigenvalue weighted by Gasteiger charge is -2.42. The van der Waals surface area contributed by atoms with E-state index in [0.717, 1.165) is 0 Å². The molecule has 0 aromatic rings. The smallest absolute Gasteiger partial charge is 0.236 e. The molecule has 1 amide bonds. The third-order valence-electron chi connectivity index (χ3n) is 3.28. The molecule has 5 heteroatoms. The molecule has 0 radical (unpaired) electrons. The number of amides is 1. The highest BCUT2D eigenvalue weighted by atomic mass is 16.5. The van der Waals surface area contributed by atoms with Crippen molar-refractivity contribution in [1.82, 2.24) is 9.80 Å². The van der Waals surface area contributed by atoms with Crippen LogP contribution in [0.2, 0.25) is 0 Å². The molecule has 0 saturated carbocycles. The minimum absolute atomic E-state index is 0.00581. The fourth-order valence-corrected chi connectivity index (χ4v) is 2.22. The van der Waals surface area contributed by atoms with Crippen molar-refractivity contribution in [2.75, 3.05) is 33.3 Å². The van der Waals surface area contributed by atoms with Crippen molar-refractivity contribution < 1.29 is 14.6 Å². The number of aliphatic hydroxyl groups excluding tert-OH is 1. The lowest BCUT2D eigenvalue weighted by Crippen LogP contribution is -2.56. The number of carbonyl (C=O) groups excluding carboxylic acids is 1. The molecule has 1 heterocycles. The van der Waals surface area contributed by atoms with E-state index in [1.165, 1.54) is 0 Å². The standard InChI is InChI=1S/C13H26N2O3/c1-10(2)14(5)12(17)7-15-6-11(8-16)18-13(3,4)9-15/h10-11,16H,6-9H2,1-5H3. The van der Waals surface area contributed by atoms with Crippen LogP contribution in [-0.2, 0) is 9.53 Å². The van der Waals surface area contributed by atoms with Gasteiger partial charge in [0.05, 0.1) is 24.9 Å². The van der Waals surface area contributed by atoms with E-state index in [2.05, 4.69) is 4.90 Å². The van der Waals surface area contributed by atoms with Crippen LogP contribution in [0.5, 0.6) is 0 Å². The molecule has 1 fully saturated rings. The second-order valence-electron chi connectivity index (χ2n) is 5.95. The van der Waals surface area contributed by atoms with Gasteiger partial charge in [0.15, 0.2) is 0 Å². The monoisotopic (exact) mass is 258 g/mol. The predicted octanol–water partition coefficient (Wildman–Crippen LogP) is 0.325. The van der Waals surface area contributed by atoms with Gasteiger partial charge >= 0.3 is 0 Å². The van der Waals surface area contributed by atoms with Gasteiger partial charge in [-0.25, -0.2) is 0 Å². The zero-order valence-electron chi connectivity index (χ0n) is 12.1. The number of hydrogen-bond donors (Lipinski definition) is 1. The van der Waals surface area contributed by atoms with Gasteiger partial charge in [-0.05, 0) is 27.7 Å². The third kappa shape index (κ3) is 4.23. The van der Waals surface area contributed by atoms with Crippen LogP contribution in [0.4, 0.5) is 0 Å². The van der Waals surface area contributed by atoms with E-state index in [1.54, 1.807) is 4.90 Å². The molecule has 1 saturated heterocycles. The van der Waals surface area contributed by atoms with Gasteiger partial charge in [0, 0.05) is 26.2 Å². The van der Waals surface area contributed by atoms with Crippen molar-refractivity contribution in [3.63, 3.8) is 0 Å². The van der Waals surface area contributed by atoms with Crippen LogP contribution in [0.3, 0.4) is 0 Å². The first-order valence-corrected chi connectivity index (χ1v) is 6.52. The van der Waals surface area contributed by atoms with E-state index in [9.17, 15) is 9.90 Å². The van der Waals surface area contributed by atoms with Crippen LogP contribution < -0.4 is 0 Å². The Balaban J connectivity index is 2.58. The maximum Gasteiger partial charge on any atom is 0.236 e. The molecule has 5 nitrogen and oxygen atoms in total. The summed E-state index contributed by atoms with van der Waals surface area (Å²) < 4.78 is 5.73. The SMILES string of the molecule is CC(C)N(C)C(=O)CN1CC(CO)OC(C)(C)C1. The molecule has 1 rings (SSSR count). The first-order chi connectivity index (χ1) is 8.25. The second-order valence-corrected chi connectivity index (χ2v) is 5.95. The lowest BCUT2D eigenvalue weighted by molar-refractivity contribution is -0.156. The number of hydrogen-bond acceptors (Lipinski definition) is 4. The highest BCUT2D eigenvalue weighted by molar-refractivity contribution is 5.78. The average Bonchev–Trinajstić information content (AvgIpc) is 2.25. The topological polar surface area (TPSA) is 53.0 Å². The number of rotatable bonds is 4. The molecule has 0 bridgehead atoms. The Bertz CT molecular complexity index is 292. The zero-order valence-corrected chi connectivity index (χ0v) is 12.1. The van der Waals surface area contributed by atoms with Crippen LogP contribution in [0.15, 0.2) is 0 Å². The molecule has 0 aromatic heterocycles. The Kier molecular flexibility index (Phi) is 5.13. The van der Waals surface area contributed by atoms with E-state index in [4.69, 9.17) is 4.74 Å². The van der Waals surface area contributed by atoms with Gasteiger partial charge in [-0.2, -0.15) is 0 Å². The zero-order chi connectivity index (χ0) is 13.9. The number of ether oxygens (including phenoxy) is 1. The highest BCUT2D eigenvalue weighted by Gasteiger charge is 2.34. The van der Waals surface area contributed by atoms with E-state index < -0.39 is 0 Å². The maximum atomic E-state index is 12.0. The Labute approximate surface area is 110 Å². The summed E-state index contributed by atoms with van der Waals surface area (Å²) in [5.41, 5.74) is -0.317. The quantitative estimate of drug-likeness (QED) is 0.789. The summed E-state index contributed by atoms with van der Waals surface area (Å²) in [5.74, 6) is 0.111. The Morgan fingerprint density at radius 3 is 2.67 bits per heavy atom. The van der Waals surface area contributed by atoms with Crippen LogP contribution >= 0.6 is 0 Å². The molecule has 1 unspecified atom stereocenters. The average molecular weight is 258 g/mol. The second kappa shape index (κ2) is 5.99. The van der Waals surface area contributed by atoms with Gasteiger partial charge in [-0.15, -0.1) is 0 Å². The Morgan fingerprint density at radius 1 is 1.56 bits per heavy atom. The van der Waals surface area contributed by atoms with Gasteiger partial charge in [0.2, 0.25) is 5.91 Å². The fourth-order valence-electron chi connectivity index (χ4n) is 2.22. The minimum atomic E-state index is -0.317. The molecule has 18 heavy (non-hydrogen) atoms. The van der Waals surface area contributed by atoms with Crippen molar-refractivity contribution in [3.8, 4) is 0 Å². The van der Waals surface area contributed by atoms with E-state index >= 15 is 0 Å². The van der Waals surface area contributed by atoms with Gasteiger partial charge in [0.25, 0.3) is 0 Å². The molecule has 0 aliphatic carbocycles. The normalized spacial score (nSPS) is 24.3. The van der Waals surface area contributed by atoms with Gasteiger partial charge < -0.3 is 14.7 Å². The molecule has 1 N–H and O–H groups in total. The van der Waals surface area contributed by atoms with E-state index in [1.807, 2.05) is 34.7 Å². The van der Waals surface area contributed by atoms with Crippen LogP contribution in [-0.4, -0.2) is 71.8 Å². The fraction of sp³-hybridized carbons (Fsp3) is 0.923. The molecule has 1 aliphatic rings. The minimum Gasteiger partial charge on any atom is -0.394 e. The lowest BCUT2D eigenvalue weighted by atomic mass is 10.1. The summed E-state index contributed by atoms with van der Waals surface area (Å²) in [7, 11) is 1.82. The number of carbonyl (C=O) groups is 1. The Hall–Kier alpha value is -0.650. The number of nitrogens with zero attached hydrogens (tertiary/aromatic N) is 2. The van der Waals surface area contributed by atoms with Crippen LogP contribution in [0, 0.1) is 0 Å². The van der Waals surface area contributed by atoms with Crippen LogP contribution in [0.25, 0.3) is 0 Å². The number of likely N-dealkylation sites (N-methyl/N-ethyl adjacent to an activating group) is 1. The molecule has 1 atom stereocenters. The number of aliphatic hydroxyl groups is 1. The van der Waals surface area contributed by atoms with Gasteiger partial charge in [-0.1, -0.05) is 0 Å². The van der Waals surface area contributed by atoms with Crippen LogP contribution in [0.1, 0.15) is 27.7 Å². The van der Waals surface area contributed by atoms with E-state index in [0.29, 0.717) is 19.6 Å². The summed E-state index contributed by atoms with van der Waals surface area (Å²) >= 11 is 0. The summed E-state index contributed by atoms with van der Waals surface area (Å²) in [6.07, 6.45) is -0.203. The summed E-state index contributed by atoms with van der Waals surface area (Å²) in [6, 6.07) is 0.209. The maximum absolute atomic E-state index is 12.0. The van der Waals surface area contributed by atoms with Crippen molar-refractivity contribution >= 4 is 5.91 Å². The molecular formula is C13H26N2O3. The number of morpholine rings is 1. The first kappa shape index (κ1) is 15.4. The molecule has 0 aromatic carbocycles. The largest absolute Gasteiger partial charge is 0.394 e. The molecular weight excluding hydrogens is 232 g/mol. The Morgan fingerprint density at radius 2 is 2.17 bits per heavy atom. The first-order valence-electron chi connectivity index (χ1n) is 6.52. The summed E-state index contributed by atoms with van der Waals surface area (Å²) in [4.78, 5) is 15.8. The van der Waals surface area contributed by atoms with Crippen molar-refractivity contribution in [3.05, 3.63) is 0 Å². The predicted molar refractivity (Wildman–Crippen MR) is 70.4 cm³/mol. The van der Waals surface area contributed by atoms with E-state index in [-0.39, 0.29) is 30.3 Å². The summed E-state index contributed by atoms with van der Waals surface area (Å²) in [6.45, 7) is 9.66. The van der Waals surface area contributed by atoms with Gasteiger partial charge in [-0.3, -0.25) is 9.69 Å². The van der Waals surface area contributed by atoms with Crippen molar-refractivity contribution in [2.24, 2.45) is 0 Å². The van der Waals surface area contributed by atoms with Gasteiger partial charge in [0.1, 0.15) is 0 Å². The van der Waals surface area contributed by atoms with Crippen molar-refractivity contribution in [1.29, 1.82) is 0 Å². The summed E-state index contributed by atoms with van der Waals surface area (Å²) in [5, 5.41) is 9.23. The third-order valence-corrected chi connectivity index (χ3v) is 3.28. The molecule has 106 valence electrons. The molecule has 0 spiro atoms. The highest BCUT2D eigenvalue weighted by Crippen LogP contribution is 2.20. The molecule has 1 aliphatic heterocycles. The van der Waals surface area contributed by atoms with Crippen molar-refractivity contribution in [2.45, 2.75) is 45.4 Å².